The first kappa shape index (κ1) is 24.0. The fourth-order valence-electron chi connectivity index (χ4n) is 4.57. The van der Waals surface area contributed by atoms with E-state index < -0.39 is 0 Å². The Morgan fingerprint density at radius 3 is 2.38 bits per heavy atom. The highest BCUT2D eigenvalue weighted by atomic mass is 16.5. The normalized spacial score (nSPS) is 19.4. The molecule has 0 N–H and O–H groups in total. The van der Waals surface area contributed by atoms with Crippen LogP contribution in [0.3, 0.4) is 0 Å². The van der Waals surface area contributed by atoms with E-state index in [4.69, 9.17) is 14.2 Å². The first-order valence-electron chi connectivity index (χ1n) is 11.8. The molecule has 2 amide bonds. The average molecular weight is 468 g/mol. The number of amides is 2. The van der Waals surface area contributed by atoms with Gasteiger partial charge in [-0.3, -0.25) is 14.5 Å². The van der Waals surface area contributed by atoms with E-state index in [1.807, 2.05) is 40.1 Å². The van der Waals surface area contributed by atoms with Crippen molar-refractivity contribution in [1.82, 2.24) is 14.7 Å². The topological polar surface area (TPSA) is 71.5 Å². The Morgan fingerprint density at radius 2 is 1.62 bits per heavy atom. The summed E-state index contributed by atoms with van der Waals surface area (Å²) < 4.78 is 16.6. The second kappa shape index (κ2) is 11.4. The summed E-state index contributed by atoms with van der Waals surface area (Å²) in [5.74, 6) is 1.19. The second-order valence-electron chi connectivity index (χ2n) is 8.63. The quantitative estimate of drug-likeness (QED) is 0.650. The lowest BCUT2D eigenvalue weighted by Crippen LogP contribution is -2.50. The molecule has 8 heteroatoms. The third kappa shape index (κ3) is 5.69. The van der Waals surface area contributed by atoms with Gasteiger partial charge in [0.25, 0.3) is 11.8 Å². The average Bonchev–Trinajstić information content (AvgIpc) is 3.13. The summed E-state index contributed by atoms with van der Waals surface area (Å²) in [6.45, 7) is 5.48. The molecular weight excluding hydrogens is 434 g/mol. The molecule has 34 heavy (non-hydrogen) atoms. The van der Waals surface area contributed by atoms with Gasteiger partial charge in [0.1, 0.15) is 0 Å². The fraction of sp³-hybridized carbons (Fsp3) is 0.462. The lowest BCUT2D eigenvalue weighted by atomic mass is 10.1. The molecule has 0 aromatic heterocycles. The minimum Gasteiger partial charge on any atom is -0.493 e. The molecule has 1 atom stereocenters. The van der Waals surface area contributed by atoms with Crippen molar-refractivity contribution in [1.29, 1.82) is 0 Å². The minimum absolute atomic E-state index is 0.0373. The molecule has 2 aliphatic heterocycles. The maximum Gasteiger partial charge on any atom is 0.254 e. The van der Waals surface area contributed by atoms with E-state index in [1.54, 1.807) is 32.4 Å². The van der Waals surface area contributed by atoms with Gasteiger partial charge in [-0.15, -0.1) is 0 Å². The van der Waals surface area contributed by atoms with Crippen molar-refractivity contribution in [2.24, 2.45) is 0 Å². The van der Waals surface area contributed by atoms with Crippen molar-refractivity contribution in [3.63, 3.8) is 0 Å². The largest absolute Gasteiger partial charge is 0.493 e. The van der Waals surface area contributed by atoms with Crippen molar-refractivity contribution < 1.29 is 23.8 Å². The molecule has 2 heterocycles. The highest BCUT2D eigenvalue weighted by Crippen LogP contribution is 2.28. The first-order chi connectivity index (χ1) is 16.6. The number of nitrogens with zero attached hydrogens (tertiary/aromatic N) is 3. The zero-order valence-corrected chi connectivity index (χ0v) is 19.9. The van der Waals surface area contributed by atoms with E-state index in [2.05, 4.69) is 4.90 Å². The van der Waals surface area contributed by atoms with E-state index >= 15 is 0 Å². The Kier molecular flexibility index (Phi) is 8.03. The lowest BCUT2D eigenvalue weighted by Gasteiger charge is -2.35. The maximum absolute atomic E-state index is 13.1. The number of ether oxygens (including phenoxy) is 3. The van der Waals surface area contributed by atoms with Gasteiger partial charge in [-0.2, -0.15) is 0 Å². The van der Waals surface area contributed by atoms with Crippen LogP contribution in [0, 0.1) is 0 Å². The SMILES string of the molecule is COc1ccc(C(=O)N2CCO[C@@H](CN3CCCN(C(=O)c4ccccc4)CC3)C2)cc1OC. The van der Waals surface area contributed by atoms with E-state index in [1.165, 1.54) is 0 Å². The minimum atomic E-state index is -0.0609. The predicted octanol–water partition coefficient (Wildman–Crippen LogP) is 2.39. The van der Waals surface area contributed by atoms with Gasteiger partial charge in [-0.25, -0.2) is 0 Å². The molecule has 0 bridgehead atoms. The molecular formula is C26H33N3O5. The maximum atomic E-state index is 13.1. The molecule has 0 aliphatic carbocycles. The Morgan fingerprint density at radius 1 is 0.853 bits per heavy atom. The molecule has 4 rings (SSSR count). The summed E-state index contributed by atoms with van der Waals surface area (Å²) in [6.07, 6.45) is 0.855. The summed E-state index contributed by atoms with van der Waals surface area (Å²) >= 11 is 0. The Hall–Kier alpha value is -3.10. The van der Waals surface area contributed by atoms with E-state index in [9.17, 15) is 9.59 Å². The highest BCUT2D eigenvalue weighted by molar-refractivity contribution is 5.95. The van der Waals surface area contributed by atoms with Crippen LogP contribution in [-0.2, 0) is 4.74 Å². The van der Waals surface area contributed by atoms with E-state index in [0.717, 1.165) is 38.2 Å². The zero-order valence-electron chi connectivity index (χ0n) is 19.9. The summed E-state index contributed by atoms with van der Waals surface area (Å²) in [4.78, 5) is 32.1. The number of rotatable bonds is 6. The lowest BCUT2D eigenvalue weighted by molar-refractivity contribution is -0.0353. The molecule has 2 aromatic carbocycles. The van der Waals surface area contributed by atoms with Crippen molar-refractivity contribution >= 4 is 11.8 Å². The summed E-state index contributed by atoms with van der Waals surface area (Å²) in [5.41, 5.74) is 1.30. The van der Waals surface area contributed by atoms with Gasteiger partial charge in [0.2, 0.25) is 0 Å². The number of morpholine rings is 1. The standard InChI is InChI=1S/C26H33N3O5/c1-32-23-10-9-21(17-24(23)33-2)26(31)29-15-16-34-22(19-29)18-27-11-6-12-28(14-13-27)25(30)20-7-4-3-5-8-20/h3-5,7-10,17,22H,6,11-16,18-19H2,1-2H3/t22-/m0/s1. The molecule has 182 valence electrons. The number of methoxy groups -OCH3 is 2. The highest BCUT2D eigenvalue weighted by Gasteiger charge is 2.28. The first-order valence-corrected chi connectivity index (χ1v) is 11.8. The van der Waals surface area contributed by atoms with Gasteiger partial charge in [-0.05, 0) is 43.3 Å². The van der Waals surface area contributed by atoms with Crippen molar-refractivity contribution in [2.45, 2.75) is 12.5 Å². The van der Waals surface area contributed by atoms with Crippen molar-refractivity contribution in [2.75, 3.05) is 66.6 Å². The number of carbonyl (C=O) groups is 2. The van der Waals surface area contributed by atoms with Crippen LogP contribution < -0.4 is 9.47 Å². The Balaban J connectivity index is 1.32. The number of hydrogen-bond acceptors (Lipinski definition) is 6. The van der Waals surface area contributed by atoms with Crippen LogP contribution in [0.15, 0.2) is 48.5 Å². The molecule has 0 radical (unpaired) electrons. The second-order valence-corrected chi connectivity index (χ2v) is 8.63. The van der Waals surface area contributed by atoms with Gasteiger partial charge < -0.3 is 24.0 Å². The van der Waals surface area contributed by atoms with Gasteiger partial charge in [0, 0.05) is 50.4 Å². The smallest absolute Gasteiger partial charge is 0.254 e. The van der Waals surface area contributed by atoms with Crippen LogP contribution in [-0.4, -0.2) is 99.3 Å². The molecule has 0 saturated carbocycles. The van der Waals surface area contributed by atoms with Crippen LogP contribution in [0.25, 0.3) is 0 Å². The Bertz CT molecular complexity index is 984. The van der Waals surface area contributed by atoms with Gasteiger partial charge in [0.15, 0.2) is 11.5 Å². The van der Waals surface area contributed by atoms with Crippen molar-refractivity contribution in [3.05, 3.63) is 59.7 Å². The predicted molar refractivity (Wildman–Crippen MR) is 129 cm³/mol. The summed E-state index contributed by atoms with van der Waals surface area (Å²) in [7, 11) is 3.14. The van der Waals surface area contributed by atoms with Crippen LogP contribution in [0.4, 0.5) is 0 Å². The molecule has 8 nitrogen and oxygen atoms in total. The van der Waals surface area contributed by atoms with Crippen molar-refractivity contribution in [3.8, 4) is 11.5 Å². The van der Waals surface area contributed by atoms with Gasteiger partial charge >= 0.3 is 0 Å². The third-order valence-electron chi connectivity index (χ3n) is 6.41. The molecule has 0 spiro atoms. The molecule has 2 fully saturated rings. The monoisotopic (exact) mass is 467 g/mol. The van der Waals surface area contributed by atoms with Crippen LogP contribution in [0.2, 0.25) is 0 Å². The van der Waals surface area contributed by atoms with E-state index in [-0.39, 0.29) is 17.9 Å². The molecule has 2 aromatic rings. The number of carbonyl (C=O) groups excluding carboxylic acids is 2. The van der Waals surface area contributed by atoms with E-state index in [0.29, 0.717) is 43.3 Å². The number of benzene rings is 2. The third-order valence-corrected chi connectivity index (χ3v) is 6.41. The molecule has 2 aliphatic rings. The number of hydrogen-bond donors (Lipinski definition) is 0. The van der Waals surface area contributed by atoms with Gasteiger partial charge in [-0.1, -0.05) is 18.2 Å². The Labute approximate surface area is 201 Å². The van der Waals surface area contributed by atoms with Crippen LogP contribution in [0.1, 0.15) is 27.1 Å². The molecule has 0 unspecified atom stereocenters. The fourth-order valence-corrected chi connectivity index (χ4v) is 4.57. The van der Waals surface area contributed by atoms with Crippen LogP contribution >= 0.6 is 0 Å². The molecule has 2 saturated heterocycles. The zero-order chi connectivity index (χ0) is 23.9. The van der Waals surface area contributed by atoms with Gasteiger partial charge in [0.05, 0.1) is 26.9 Å². The summed E-state index contributed by atoms with van der Waals surface area (Å²) in [6, 6.07) is 14.7. The van der Waals surface area contributed by atoms with Crippen LogP contribution in [0.5, 0.6) is 11.5 Å². The summed E-state index contributed by atoms with van der Waals surface area (Å²) in [5, 5.41) is 0.